The molecule has 0 saturated heterocycles. The lowest BCUT2D eigenvalue weighted by atomic mass is 9.88. The zero-order chi connectivity index (χ0) is 11.7. The molecule has 0 aromatic rings. The van der Waals surface area contributed by atoms with Crippen LogP contribution < -0.4 is 5.32 Å². The summed E-state index contributed by atoms with van der Waals surface area (Å²) in [4.78, 5) is 10.7. The van der Waals surface area contributed by atoms with Gasteiger partial charge in [0.15, 0.2) is 0 Å². The van der Waals surface area contributed by atoms with Gasteiger partial charge >= 0.3 is 0 Å². The third kappa shape index (κ3) is 4.92. The van der Waals surface area contributed by atoms with Gasteiger partial charge in [-0.25, -0.2) is 0 Å². The van der Waals surface area contributed by atoms with E-state index < -0.39 is 5.41 Å². The minimum absolute atomic E-state index is 0.0482. The zero-order valence-corrected chi connectivity index (χ0v) is 9.03. The highest BCUT2D eigenvalue weighted by atomic mass is 16.5. The first-order valence-electron chi connectivity index (χ1n) is 4.84. The Bertz CT molecular complexity index is 193. The SMILES string of the molecule is C=CC(=O)NCOCC(CC)(CO)CO. The van der Waals surface area contributed by atoms with Crippen molar-refractivity contribution in [1.29, 1.82) is 0 Å². The average molecular weight is 217 g/mol. The van der Waals surface area contributed by atoms with E-state index in [9.17, 15) is 4.79 Å². The fourth-order valence-corrected chi connectivity index (χ4v) is 0.929. The Labute approximate surface area is 89.7 Å². The summed E-state index contributed by atoms with van der Waals surface area (Å²) in [6.45, 7) is 5.11. The summed E-state index contributed by atoms with van der Waals surface area (Å²) in [7, 11) is 0. The maximum atomic E-state index is 10.7. The largest absolute Gasteiger partial charge is 0.396 e. The van der Waals surface area contributed by atoms with Gasteiger partial charge < -0.3 is 20.3 Å². The molecular weight excluding hydrogens is 198 g/mol. The van der Waals surface area contributed by atoms with Crippen molar-refractivity contribution in [2.75, 3.05) is 26.6 Å². The van der Waals surface area contributed by atoms with Crippen LogP contribution in [0.3, 0.4) is 0 Å². The molecule has 0 unspecified atom stereocenters. The Morgan fingerprint density at radius 3 is 2.53 bits per heavy atom. The van der Waals surface area contributed by atoms with Gasteiger partial charge in [-0.2, -0.15) is 0 Å². The van der Waals surface area contributed by atoms with Gasteiger partial charge in [-0.1, -0.05) is 13.5 Å². The molecule has 5 nitrogen and oxygen atoms in total. The second kappa shape index (κ2) is 7.39. The van der Waals surface area contributed by atoms with E-state index in [1.54, 1.807) is 0 Å². The standard InChI is InChI=1S/C10H19NO4/c1-3-9(14)11-8-15-7-10(4-2,5-12)6-13/h3,12-13H,1,4-8H2,2H3,(H,11,14). The predicted molar refractivity (Wildman–Crippen MR) is 56.1 cm³/mol. The quantitative estimate of drug-likeness (QED) is 0.295. The van der Waals surface area contributed by atoms with Gasteiger partial charge in [-0.15, -0.1) is 0 Å². The Hall–Kier alpha value is -0.910. The van der Waals surface area contributed by atoms with E-state index in [1.807, 2.05) is 6.92 Å². The monoisotopic (exact) mass is 217 g/mol. The molecule has 0 spiro atoms. The zero-order valence-electron chi connectivity index (χ0n) is 9.03. The molecule has 0 atom stereocenters. The summed E-state index contributed by atoms with van der Waals surface area (Å²) >= 11 is 0. The van der Waals surface area contributed by atoms with Gasteiger partial charge in [-0.3, -0.25) is 4.79 Å². The maximum absolute atomic E-state index is 10.7. The van der Waals surface area contributed by atoms with E-state index in [4.69, 9.17) is 14.9 Å². The van der Waals surface area contributed by atoms with Gasteiger partial charge in [-0.05, 0) is 12.5 Å². The number of hydrogen-bond acceptors (Lipinski definition) is 4. The Kier molecular flexibility index (Phi) is 6.94. The van der Waals surface area contributed by atoms with Crippen LogP contribution in [0.4, 0.5) is 0 Å². The molecular formula is C10H19NO4. The lowest BCUT2D eigenvalue weighted by molar-refractivity contribution is -0.119. The number of carbonyl (C=O) groups excluding carboxylic acids is 1. The van der Waals surface area contributed by atoms with Crippen molar-refractivity contribution in [2.24, 2.45) is 5.41 Å². The van der Waals surface area contributed by atoms with Crippen LogP contribution in [0.2, 0.25) is 0 Å². The normalized spacial score (nSPS) is 11.1. The minimum Gasteiger partial charge on any atom is -0.396 e. The van der Waals surface area contributed by atoms with Crippen LogP contribution in [0.25, 0.3) is 0 Å². The Morgan fingerprint density at radius 1 is 1.53 bits per heavy atom. The highest BCUT2D eigenvalue weighted by molar-refractivity contribution is 5.86. The maximum Gasteiger partial charge on any atom is 0.245 e. The summed E-state index contributed by atoms with van der Waals surface area (Å²) < 4.78 is 5.14. The van der Waals surface area contributed by atoms with Gasteiger partial charge in [0.05, 0.1) is 19.8 Å². The molecule has 5 heteroatoms. The lowest BCUT2D eigenvalue weighted by Gasteiger charge is -2.27. The highest BCUT2D eigenvalue weighted by Gasteiger charge is 2.26. The average Bonchev–Trinajstić information content (AvgIpc) is 2.30. The summed E-state index contributed by atoms with van der Waals surface area (Å²) in [5.41, 5.74) is -0.626. The van der Waals surface area contributed by atoms with Crippen molar-refractivity contribution in [3.8, 4) is 0 Å². The van der Waals surface area contributed by atoms with Crippen molar-refractivity contribution in [3.63, 3.8) is 0 Å². The molecule has 0 aromatic heterocycles. The molecule has 1 amide bonds. The Balaban J connectivity index is 3.81. The summed E-state index contributed by atoms with van der Waals surface area (Å²) in [6, 6.07) is 0. The number of ether oxygens (including phenoxy) is 1. The fraction of sp³-hybridized carbons (Fsp3) is 0.700. The van der Waals surface area contributed by atoms with Crippen molar-refractivity contribution < 1.29 is 19.7 Å². The molecule has 0 saturated carbocycles. The van der Waals surface area contributed by atoms with Crippen LogP contribution in [0.5, 0.6) is 0 Å². The number of aliphatic hydroxyl groups is 2. The van der Waals surface area contributed by atoms with Crippen molar-refractivity contribution in [1.82, 2.24) is 5.32 Å². The number of nitrogens with one attached hydrogen (secondary N) is 1. The van der Waals surface area contributed by atoms with Crippen LogP contribution in [-0.2, 0) is 9.53 Å². The van der Waals surface area contributed by atoms with Crippen LogP contribution in [0, 0.1) is 5.41 Å². The first-order chi connectivity index (χ1) is 7.14. The van der Waals surface area contributed by atoms with E-state index in [-0.39, 0.29) is 32.5 Å². The minimum atomic E-state index is -0.626. The van der Waals surface area contributed by atoms with E-state index in [0.29, 0.717) is 6.42 Å². The van der Waals surface area contributed by atoms with Crippen LogP contribution >= 0.6 is 0 Å². The van der Waals surface area contributed by atoms with E-state index in [2.05, 4.69) is 11.9 Å². The molecule has 3 N–H and O–H groups in total. The van der Waals surface area contributed by atoms with Gasteiger partial charge in [0, 0.05) is 5.41 Å². The molecule has 0 aliphatic heterocycles. The molecule has 0 aliphatic rings. The first-order valence-corrected chi connectivity index (χ1v) is 4.84. The van der Waals surface area contributed by atoms with E-state index in [0.717, 1.165) is 6.08 Å². The molecule has 0 bridgehead atoms. The molecule has 0 radical (unpaired) electrons. The number of aliphatic hydroxyl groups excluding tert-OH is 2. The molecule has 88 valence electrons. The molecule has 15 heavy (non-hydrogen) atoms. The first kappa shape index (κ1) is 14.1. The molecule has 0 aliphatic carbocycles. The smallest absolute Gasteiger partial charge is 0.245 e. The number of hydrogen-bond donors (Lipinski definition) is 3. The van der Waals surface area contributed by atoms with Gasteiger partial charge in [0.1, 0.15) is 6.73 Å². The molecule has 0 rings (SSSR count). The van der Waals surface area contributed by atoms with E-state index in [1.165, 1.54) is 0 Å². The molecule has 0 heterocycles. The number of rotatable bonds is 8. The van der Waals surface area contributed by atoms with Crippen molar-refractivity contribution in [3.05, 3.63) is 12.7 Å². The molecule has 0 fully saturated rings. The number of carbonyl (C=O) groups is 1. The highest BCUT2D eigenvalue weighted by Crippen LogP contribution is 2.20. The third-order valence-corrected chi connectivity index (χ3v) is 2.36. The third-order valence-electron chi connectivity index (χ3n) is 2.36. The lowest BCUT2D eigenvalue weighted by Crippen LogP contribution is -2.36. The topological polar surface area (TPSA) is 78.8 Å². The van der Waals surface area contributed by atoms with Crippen LogP contribution in [0.15, 0.2) is 12.7 Å². The molecule has 0 aromatic carbocycles. The fourth-order valence-electron chi connectivity index (χ4n) is 0.929. The summed E-state index contributed by atoms with van der Waals surface area (Å²) in [5.74, 6) is -0.315. The second-order valence-electron chi connectivity index (χ2n) is 3.41. The van der Waals surface area contributed by atoms with Crippen molar-refractivity contribution >= 4 is 5.91 Å². The number of amides is 1. The predicted octanol–water partition coefficient (Wildman–Crippen LogP) is -0.356. The summed E-state index contributed by atoms with van der Waals surface area (Å²) in [5, 5.41) is 20.6. The van der Waals surface area contributed by atoms with Gasteiger partial charge in [0.25, 0.3) is 0 Å². The van der Waals surface area contributed by atoms with Crippen molar-refractivity contribution in [2.45, 2.75) is 13.3 Å². The Morgan fingerprint density at radius 2 is 2.13 bits per heavy atom. The van der Waals surface area contributed by atoms with Crippen LogP contribution in [-0.4, -0.2) is 42.7 Å². The van der Waals surface area contributed by atoms with Crippen LogP contribution in [0.1, 0.15) is 13.3 Å². The second-order valence-corrected chi connectivity index (χ2v) is 3.41. The van der Waals surface area contributed by atoms with E-state index >= 15 is 0 Å². The summed E-state index contributed by atoms with van der Waals surface area (Å²) in [6.07, 6.45) is 1.75. The van der Waals surface area contributed by atoms with Gasteiger partial charge in [0.2, 0.25) is 5.91 Å².